The Morgan fingerprint density at radius 3 is 2.50 bits per heavy atom. The molecule has 1 aromatic carbocycles. The minimum atomic E-state index is -3.13. The van der Waals surface area contributed by atoms with Gasteiger partial charge >= 0.3 is 0 Å². The van der Waals surface area contributed by atoms with Crippen LogP contribution in [0.3, 0.4) is 0 Å². The van der Waals surface area contributed by atoms with Crippen LogP contribution in [0.2, 0.25) is 0 Å². The summed E-state index contributed by atoms with van der Waals surface area (Å²) in [5, 5.41) is 10.8. The molecule has 0 bridgehead atoms. The van der Waals surface area contributed by atoms with Gasteiger partial charge in [0.2, 0.25) is 5.78 Å². The van der Waals surface area contributed by atoms with Crippen molar-refractivity contribution in [2.24, 2.45) is 0 Å². The van der Waals surface area contributed by atoms with E-state index in [-0.39, 0.29) is 5.69 Å². The molecule has 0 unspecified atom stereocenters. The monoisotopic (exact) mass is 278 g/mol. The van der Waals surface area contributed by atoms with Crippen molar-refractivity contribution in [3.63, 3.8) is 0 Å². The summed E-state index contributed by atoms with van der Waals surface area (Å²) in [6.45, 7) is 0. The van der Waals surface area contributed by atoms with Gasteiger partial charge in [0, 0.05) is 17.8 Å². The number of nitrogens with zero attached hydrogens (tertiary/aromatic N) is 2. The van der Waals surface area contributed by atoms with Gasteiger partial charge in [-0.2, -0.15) is 0 Å². The van der Waals surface area contributed by atoms with E-state index in [0.29, 0.717) is 0 Å². The second kappa shape index (κ2) is 5.52. The molecule has 0 amide bonds. The molecule has 0 fully saturated rings. The Bertz CT molecular complexity index is 660. The number of hydrogen-bond donors (Lipinski definition) is 0. The highest BCUT2D eigenvalue weighted by Crippen LogP contribution is 2.32. The third kappa shape index (κ3) is 2.51. The predicted octanol–water partition coefficient (Wildman–Crippen LogP) is 3.16. The highest BCUT2D eigenvalue weighted by atomic mass is 19.3. The first-order valence-electron chi connectivity index (χ1n) is 5.53. The third-order valence-corrected chi connectivity index (χ3v) is 2.64. The molecule has 0 aliphatic carbocycles. The molecule has 0 spiro atoms. The SMILES string of the molecule is O=C(c1ccccn1)c1cccc([N+](=O)[O-])c1C(F)F. The lowest BCUT2D eigenvalue weighted by Crippen LogP contribution is -2.09. The summed E-state index contributed by atoms with van der Waals surface area (Å²) < 4.78 is 26.1. The molecule has 0 radical (unpaired) electrons. The number of carbonyl (C=O) groups excluding carboxylic acids is 1. The van der Waals surface area contributed by atoms with Gasteiger partial charge in [-0.15, -0.1) is 0 Å². The van der Waals surface area contributed by atoms with Crippen molar-refractivity contribution in [3.05, 3.63) is 69.5 Å². The first-order valence-corrected chi connectivity index (χ1v) is 5.53. The molecule has 2 rings (SSSR count). The lowest BCUT2D eigenvalue weighted by Gasteiger charge is -2.08. The molecule has 0 atom stereocenters. The van der Waals surface area contributed by atoms with Crippen LogP contribution < -0.4 is 0 Å². The Kier molecular flexibility index (Phi) is 3.79. The Morgan fingerprint density at radius 2 is 1.95 bits per heavy atom. The number of nitro benzene ring substituents is 1. The van der Waals surface area contributed by atoms with Crippen LogP contribution in [-0.4, -0.2) is 15.7 Å². The molecular weight excluding hydrogens is 270 g/mol. The normalized spacial score (nSPS) is 10.6. The smallest absolute Gasteiger partial charge is 0.279 e. The van der Waals surface area contributed by atoms with Crippen LogP contribution in [0.1, 0.15) is 28.0 Å². The maximum absolute atomic E-state index is 13.0. The zero-order chi connectivity index (χ0) is 14.7. The van der Waals surface area contributed by atoms with Gasteiger partial charge in [-0.25, -0.2) is 8.78 Å². The number of rotatable bonds is 4. The summed E-state index contributed by atoms with van der Waals surface area (Å²) in [4.78, 5) is 25.7. The molecule has 1 heterocycles. The Morgan fingerprint density at radius 1 is 1.20 bits per heavy atom. The summed E-state index contributed by atoms with van der Waals surface area (Å²) in [6, 6.07) is 7.72. The van der Waals surface area contributed by atoms with Gasteiger partial charge in [-0.1, -0.05) is 12.1 Å². The van der Waals surface area contributed by atoms with Crippen molar-refractivity contribution in [2.45, 2.75) is 6.43 Å². The summed E-state index contributed by atoms with van der Waals surface area (Å²) in [5.41, 5.74) is -2.11. The number of benzene rings is 1. The zero-order valence-electron chi connectivity index (χ0n) is 9.99. The molecule has 102 valence electrons. The van der Waals surface area contributed by atoms with E-state index in [4.69, 9.17) is 0 Å². The van der Waals surface area contributed by atoms with E-state index in [9.17, 15) is 23.7 Å². The zero-order valence-corrected chi connectivity index (χ0v) is 9.99. The number of pyridine rings is 1. The van der Waals surface area contributed by atoms with E-state index in [1.54, 1.807) is 6.07 Å². The maximum atomic E-state index is 13.0. The minimum absolute atomic E-state index is 0.0464. The average Bonchev–Trinajstić information content (AvgIpc) is 2.46. The molecule has 0 N–H and O–H groups in total. The van der Waals surface area contributed by atoms with Crippen molar-refractivity contribution < 1.29 is 18.5 Å². The fraction of sp³-hybridized carbons (Fsp3) is 0.0769. The molecule has 5 nitrogen and oxygen atoms in total. The van der Waals surface area contributed by atoms with Crippen molar-refractivity contribution in [3.8, 4) is 0 Å². The number of hydrogen-bond acceptors (Lipinski definition) is 4. The van der Waals surface area contributed by atoms with Gasteiger partial charge in [-0.3, -0.25) is 19.9 Å². The maximum Gasteiger partial charge on any atom is 0.279 e. The van der Waals surface area contributed by atoms with E-state index >= 15 is 0 Å². The minimum Gasteiger partial charge on any atom is -0.287 e. The second-order valence-corrected chi connectivity index (χ2v) is 3.84. The third-order valence-electron chi connectivity index (χ3n) is 2.64. The van der Waals surface area contributed by atoms with Crippen LogP contribution in [0.25, 0.3) is 0 Å². The van der Waals surface area contributed by atoms with Gasteiger partial charge < -0.3 is 0 Å². The molecule has 0 saturated heterocycles. The van der Waals surface area contributed by atoms with Crippen LogP contribution in [0.5, 0.6) is 0 Å². The Balaban J connectivity index is 2.60. The van der Waals surface area contributed by atoms with Gasteiger partial charge in [0.25, 0.3) is 12.1 Å². The standard InChI is InChI=1S/C13H8F2N2O3/c14-13(15)11-8(4-3-6-10(11)17(19)20)12(18)9-5-1-2-7-16-9/h1-7,13H. The summed E-state index contributed by atoms with van der Waals surface area (Å²) >= 11 is 0. The van der Waals surface area contributed by atoms with Crippen LogP contribution in [0, 0.1) is 10.1 Å². The number of nitro groups is 1. The van der Waals surface area contributed by atoms with E-state index in [0.717, 1.165) is 12.1 Å². The highest BCUT2D eigenvalue weighted by Gasteiger charge is 2.28. The first-order chi connectivity index (χ1) is 9.52. The fourth-order valence-electron chi connectivity index (χ4n) is 1.77. The summed E-state index contributed by atoms with van der Waals surface area (Å²) in [6.07, 6.45) is -1.79. The second-order valence-electron chi connectivity index (χ2n) is 3.84. The van der Waals surface area contributed by atoms with Crippen LogP contribution >= 0.6 is 0 Å². The van der Waals surface area contributed by atoms with E-state index < -0.39 is 33.9 Å². The first kappa shape index (κ1) is 13.7. The molecule has 0 aliphatic rings. The van der Waals surface area contributed by atoms with E-state index in [1.165, 1.54) is 24.4 Å². The van der Waals surface area contributed by atoms with Gasteiger partial charge in [0.15, 0.2) is 0 Å². The van der Waals surface area contributed by atoms with Crippen molar-refractivity contribution in [1.29, 1.82) is 0 Å². The lowest BCUT2D eigenvalue weighted by molar-refractivity contribution is -0.386. The summed E-state index contributed by atoms with van der Waals surface area (Å²) in [5.74, 6) is -0.774. The number of aromatic nitrogens is 1. The van der Waals surface area contributed by atoms with Crippen molar-refractivity contribution in [1.82, 2.24) is 4.98 Å². The van der Waals surface area contributed by atoms with Crippen LogP contribution in [0.4, 0.5) is 14.5 Å². The molecule has 0 aliphatic heterocycles. The van der Waals surface area contributed by atoms with E-state index in [2.05, 4.69) is 4.98 Å². The van der Waals surface area contributed by atoms with Gasteiger partial charge in [0.05, 0.1) is 4.92 Å². The topological polar surface area (TPSA) is 73.1 Å². The average molecular weight is 278 g/mol. The van der Waals surface area contributed by atoms with Gasteiger partial charge in [0.1, 0.15) is 11.3 Å². The molecule has 20 heavy (non-hydrogen) atoms. The van der Waals surface area contributed by atoms with Crippen molar-refractivity contribution in [2.75, 3.05) is 0 Å². The van der Waals surface area contributed by atoms with Crippen LogP contribution in [0.15, 0.2) is 42.6 Å². The lowest BCUT2D eigenvalue weighted by atomic mass is 10.00. The number of ketones is 1. The fourth-order valence-corrected chi connectivity index (χ4v) is 1.77. The van der Waals surface area contributed by atoms with Gasteiger partial charge in [-0.05, 0) is 18.2 Å². The molecule has 2 aromatic rings. The van der Waals surface area contributed by atoms with E-state index in [1.807, 2.05) is 0 Å². The molecule has 0 saturated carbocycles. The highest BCUT2D eigenvalue weighted by molar-refractivity contribution is 6.09. The summed E-state index contributed by atoms with van der Waals surface area (Å²) in [7, 11) is 0. The number of carbonyl (C=O) groups is 1. The predicted molar refractivity (Wildman–Crippen MR) is 65.7 cm³/mol. The number of alkyl halides is 2. The van der Waals surface area contributed by atoms with Crippen LogP contribution in [-0.2, 0) is 0 Å². The number of halogens is 2. The molecule has 7 heteroatoms. The molecular formula is C13H8F2N2O3. The largest absolute Gasteiger partial charge is 0.287 e. The molecule has 1 aromatic heterocycles. The Hall–Kier alpha value is -2.70. The Labute approximate surface area is 112 Å². The van der Waals surface area contributed by atoms with Crippen molar-refractivity contribution >= 4 is 11.5 Å². The quantitative estimate of drug-likeness (QED) is 0.489.